The van der Waals surface area contributed by atoms with Crippen molar-refractivity contribution in [2.75, 3.05) is 39.5 Å². The van der Waals surface area contributed by atoms with Crippen LogP contribution >= 0.6 is 0 Å². The summed E-state index contributed by atoms with van der Waals surface area (Å²) in [5.74, 6) is -0.0912. The predicted octanol–water partition coefficient (Wildman–Crippen LogP) is 1.10. The Labute approximate surface area is 110 Å². The van der Waals surface area contributed by atoms with Crippen LogP contribution in [-0.2, 0) is 14.3 Å². The van der Waals surface area contributed by atoms with Crippen LogP contribution in [0.3, 0.4) is 0 Å². The van der Waals surface area contributed by atoms with Gasteiger partial charge in [0.25, 0.3) is 0 Å². The highest BCUT2D eigenvalue weighted by Gasteiger charge is 2.00. The molecule has 0 bridgehead atoms. The van der Waals surface area contributed by atoms with Gasteiger partial charge in [0.15, 0.2) is 0 Å². The molecule has 0 rings (SSSR count). The molecule has 0 aromatic rings. The number of hydrogen-bond donors (Lipinski definition) is 2. The minimum Gasteiger partial charge on any atom is -0.466 e. The number of aliphatic hydroxyl groups is 1. The number of rotatable bonds is 13. The summed E-state index contributed by atoms with van der Waals surface area (Å²) in [5, 5.41) is 11.8. The first kappa shape index (κ1) is 17.4. The number of carbonyl (C=O) groups excluding carboxylic acids is 1. The van der Waals surface area contributed by atoms with Crippen molar-refractivity contribution in [3.63, 3.8) is 0 Å². The molecule has 0 aromatic carbocycles. The summed E-state index contributed by atoms with van der Waals surface area (Å²) in [6.07, 6.45) is 4.52. The van der Waals surface area contributed by atoms with E-state index in [1.54, 1.807) is 0 Å². The lowest BCUT2D eigenvalue weighted by Gasteiger charge is -2.05. The van der Waals surface area contributed by atoms with E-state index in [2.05, 4.69) is 5.32 Å². The number of ether oxygens (including phenoxy) is 2. The summed E-state index contributed by atoms with van der Waals surface area (Å²) >= 11 is 0. The largest absolute Gasteiger partial charge is 0.466 e. The van der Waals surface area contributed by atoms with E-state index in [1.165, 1.54) is 0 Å². The minimum absolute atomic E-state index is 0.0912. The Morgan fingerprint density at radius 1 is 1.11 bits per heavy atom. The van der Waals surface area contributed by atoms with Crippen molar-refractivity contribution in [1.29, 1.82) is 0 Å². The molecule has 0 saturated carbocycles. The van der Waals surface area contributed by atoms with Gasteiger partial charge in [-0.25, -0.2) is 0 Å². The molecule has 0 aliphatic carbocycles. The lowest BCUT2D eigenvalue weighted by atomic mass is 10.2. The lowest BCUT2D eigenvalue weighted by molar-refractivity contribution is -0.143. The molecule has 0 aromatic heterocycles. The normalized spacial score (nSPS) is 10.6. The molecule has 0 saturated heterocycles. The van der Waals surface area contributed by atoms with Gasteiger partial charge in [-0.2, -0.15) is 0 Å². The Morgan fingerprint density at radius 3 is 2.61 bits per heavy atom. The molecule has 0 radical (unpaired) electrons. The Morgan fingerprint density at radius 2 is 1.89 bits per heavy atom. The second-order valence-corrected chi connectivity index (χ2v) is 4.06. The monoisotopic (exact) mass is 261 g/mol. The third-order valence-corrected chi connectivity index (χ3v) is 2.42. The van der Waals surface area contributed by atoms with E-state index >= 15 is 0 Å². The fourth-order valence-corrected chi connectivity index (χ4v) is 1.52. The van der Waals surface area contributed by atoms with E-state index in [-0.39, 0.29) is 12.6 Å². The molecule has 0 atom stereocenters. The Bertz CT molecular complexity index is 188. The van der Waals surface area contributed by atoms with E-state index in [9.17, 15) is 4.79 Å². The van der Waals surface area contributed by atoms with Crippen molar-refractivity contribution < 1.29 is 19.4 Å². The second-order valence-electron chi connectivity index (χ2n) is 4.06. The summed E-state index contributed by atoms with van der Waals surface area (Å²) in [6.45, 7) is 5.41. The van der Waals surface area contributed by atoms with Crippen LogP contribution in [0, 0.1) is 0 Å². The second kappa shape index (κ2) is 14.4. The third kappa shape index (κ3) is 13.4. The van der Waals surface area contributed by atoms with Crippen molar-refractivity contribution in [2.45, 2.75) is 39.0 Å². The molecular formula is C13H27NO4. The zero-order valence-electron chi connectivity index (χ0n) is 11.5. The quantitative estimate of drug-likeness (QED) is 0.384. The highest BCUT2D eigenvalue weighted by Crippen LogP contribution is 2.00. The maximum Gasteiger partial charge on any atom is 0.305 e. The van der Waals surface area contributed by atoms with Crippen LogP contribution in [0.25, 0.3) is 0 Å². The Kier molecular flexibility index (Phi) is 13.9. The highest BCUT2D eigenvalue weighted by molar-refractivity contribution is 5.69. The standard InChI is InChI=1S/C13H27NO4/c1-2-18-13(16)7-4-3-5-8-14-9-6-11-17-12-10-15/h14-15H,2-12H2,1H3. The van der Waals surface area contributed by atoms with Gasteiger partial charge in [0.2, 0.25) is 0 Å². The third-order valence-electron chi connectivity index (χ3n) is 2.42. The summed E-state index contributed by atoms with van der Waals surface area (Å²) < 4.78 is 9.98. The number of nitrogens with one attached hydrogen (secondary N) is 1. The molecule has 0 unspecified atom stereocenters. The van der Waals surface area contributed by atoms with Crippen molar-refractivity contribution in [3.05, 3.63) is 0 Å². The van der Waals surface area contributed by atoms with Gasteiger partial charge in [-0.3, -0.25) is 4.79 Å². The summed E-state index contributed by atoms with van der Waals surface area (Å²) in [6, 6.07) is 0. The number of hydrogen-bond acceptors (Lipinski definition) is 5. The van der Waals surface area contributed by atoms with Crippen molar-refractivity contribution in [2.24, 2.45) is 0 Å². The van der Waals surface area contributed by atoms with Crippen LogP contribution < -0.4 is 5.32 Å². The van der Waals surface area contributed by atoms with Crippen LogP contribution in [0.4, 0.5) is 0 Å². The summed E-state index contributed by atoms with van der Waals surface area (Å²) in [5.41, 5.74) is 0. The maximum absolute atomic E-state index is 11.0. The smallest absolute Gasteiger partial charge is 0.305 e. The number of aliphatic hydroxyl groups excluding tert-OH is 1. The van der Waals surface area contributed by atoms with Crippen LogP contribution in [0.15, 0.2) is 0 Å². The number of esters is 1. The van der Waals surface area contributed by atoms with Crippen molar-refractivity contribution >= 4 is 5.97 Å². The molecule has 0 spiro atoms. The molecule has 0 heterocycles. The molecule has 2 N–H and O–H groups in total. The number of carbonyl (C=O) groups is 1. The molecule has 0 aliphatic heterocycles. The Hall–Kier alpha value is -0.650. The first-order chi connectivity index (χ1) is 8.81. The molecule has 108 valence electrons. The molecule has 0 aliphatic rings. The van der Waals surface area contributed by atoms with Crippen molar-refractivity contribution in [3.8, 4) is 0 Å². The first-order valence-corrected chi connectivity index (χ1v) is 6.86. The fraction of sp³-hybridized carbons (Fsp3) is 0.923. The summed E-state index contributed by atoms with van der Waals surface area (Å²) in [4.78, 5) is 11.0. The predicted molar refractivity (Wildman–Crippen MR) is 70.5 cm³/mol. The van der Waals surface area contributed by atoms with Crippen LogP contribution in [0.2, 0.25) is 0 Å². The van der Waals surface area contributed by atoms with Crippen LogP contribution in [0.5, 0.6) is 0 Å². The van der Waals surface area contributed by atoms with Crippen LogP contribution in [-0.4, -0.2) is 50.6 Å². The van der Waals surface area contributed by atoms with Crippen LogP contribution in [0.1, 0.15) is 39.0 Å². The van der Waals surface area contributed by atoms with Gasteiger partial charge in [-0.15, -0.1) is 0 Å². The number of unbranched alkanes of at least 4 members (excludes halogenated alkanes) is 2. The molecule has 0 fully saturated rings. The van der Waals surface area contributed by atoms with E-state index in [4.69, 9.17) is 14.6 Å². The van der Waals surface area contributed by atoms with Gasteiger partial charge in [0, 0.05) is 13.0 Å². The van der Waals surface area contributed by atoms with Gasteiger partial charge in [0.1, 0.15) is 0 Å². The molecule has 18 heavy (non-hydrogen) atoms. The molecular weight excluding hydrogens is 234 g/mol. The molecule has 5 nitrogen and oxygen atoms in total. The van der Waals surface area contributed by atoms with Gasteiger partial charge in [-0.1, -0.05) is 6.42 Å². The topological polar surface area (TPSA) is 67.8 Å². The SMILES string of the molecule is CCOC(=O)CCCCCNCCCOCCO. The first-order valence-electron chi connectivity index (χ1n) is 6.86. The maximum atomic E-state index is 11.0. The van der Waals surface area contributed by atoms with E-state index in [0.717, 1.165) is 38.8 Å². The zero-order chi connectivity index (χ0) is 13.5. The minimum atomic E-state index is -0.0912. The highest BCUT2D eigenvalue weighted by atomic mass is 16.5. The molecule has 5 heteroatoms. The van der Waals surface area contributed by atoms with Gasteiger partial charge in [0.05, 0.1) is 19.8 Å². The van der Waals surface area contributed by atoms with Gasteiger partial charge in [-0.05, 0) is 39.3 Å². The van der Waals surface area contributed by atoms with Gasteiger partial charge < -0.3 is 19.9 Å². The Balaban J connectivity index is 3.01. The lowest BCUT2D eigenvalue weighted by Crippen LogP contribution is -2.18. The molecule has 0 amide bonds. The van der Waals surface area contributed by atoms with Crippen molar-refractivity contribution in [1.82, 2.24) is 5.32 Å². The van der Waals surface area contributed by atoms with E-state index in [0.29, 0.717) is 26.2 Å². The fourth-order valence-electron chi connectivity index (χ4n) is 1.52. The average Bonchev–Trinajstić information content (AvgIpc) is 2.36. The van der Waals surface area contributed by atoms with Gasteiger partial charge >= 0.3 is 5.97 Å². The van der Waals surface area contributed by atoms with E-state index in [1.807, 2.05) is 6.92 Å². The average molecular weight is 261 g/mol. The zero-order valence-corrected chi connectivity index (χ0v) is 11.5. The summed E-state index contributed by atoms with van der Waals surface area (Å²) in [7, 11) is 0. The van der Waals surface area contributed by atoms with E-state index < -0.39 is 0 Å².